The van der Waals surface area contributed by atoms with Crippen molar-refractivity contribution in [2.24, 2.45) is 0 Å². The summed E-state index contributed by atoms with van der Waals surface area (Å²) in [6.07, 6.45) is -1.29. The summed E-state index contributed by atoms with van der Waals surface area (Å²) >= 11 is 8.41. The van der Waals surface area contributed by atoms with Gasteiger partial charge in [-0.05, 0) is 49.3 Å². The third-order valence-corrected chi connectivity index (χ3v) is 4.88. The van der Waals surface area contributed by atoms with E-state index in [2.05, 4.69) is 26.6 Å². The first kappa shape index (κ1) is 23.8. The lowest BCUT2D eigenvalue weighted by Gasteiger charge is -2.35. The van der Waals surface area contributed by atoms with Crippen LogP contribution >= 0.6 is 28.1 Å². The number of hydrogen-bond donors (Lipinski definition) is 3. The maximum Gasteiger partial charge on any atom is 0.413 e. The predicted octanol–water partition coefficient (Wildman–Crippen LogP) is 4.67. The number of rotatable bonds is 7. The lowest BCUT2D eigenvalue weighted by atomic mass is 9.81. The largest absolute Gasteiger partial charge is 0.479 e. The van der Waals surface area contributed by atoms with E-state index < -0.39 is 29.7 Å². The van der Waals surface area contributed by atoms with Crippen LogP contribution in [-0.2, 0) is 21.7 Å². The number of alkyl halides is 1. The number of carbonyl (C=O) groups is 2. The van der Waals surface area contributed by atoms with E-state index in [4.69, 9.17) is 17.0 Å². The second-order valence-electron chi connectivity index (χ2n) is 7.25. The summed E-state index contributed by atoms with van der Waals surface area (Å²) in [6.45, 7) is 2.56. The van der Waals surface area contributed by atoms with Gasteiger partial charge in [0.2, 0.25) is 0 Å². The SMILES string of the molecule is CC(C)(F)CC(NC(=S)NC(=O)OCc1ccccc1)(C(=O)O)c1ccc(Br)cc1. The van der Waals surface area contributed by atoms with Gasteiger partial charge in [-0.25, -0.2) is 14.0 Å². The number of nitrogens with one attached hydrogen (secondary N) is 2. The van der Waals surface area contributed by atoms with Crippen LogP contribution in [0.15, 0.2) is 59.1 Å². The molecule has 2 aromatic carbocycles. The van der Waals surface area contributed by atoms with Gasteiger partial charge in [-0.3, -0.25) is 5.32 Å². The summed E-state index contributed by atoms with van der Waals surface area (Å²) in [4.78, 5) is 24.3. The molecule has 9 heteroatoms. The van der Waals surface area contributed by atoms with Gasteiger partial charge in [-0.1, -0.05) is 58.4 Å². The first-order chi connectivity index (χ1) is 14.0. The van der Waals surface area contributed by atoms with Crippen LogP contribution in [0.4, 0.5) is 9.18 Å². The van der Waals surface area contributed by atoms with Crippen LogP contribution in [0.5, 0.6) is 0 Å². The Morgan fingerprint density at radius 3 is 2.27 bits per heavy atom. The van der Waals surface area contributed by atoms with Gasteiger partial charge in [-0.15, -0.1) is 0 Å². The Morgan fingerprint density at radius 2 is 1.73 bits per heavy atom. The molecule has 6 nitrogen and oxygen atoms in total. The van der Waals surface area contributed by atoms with Gasteiger partial charge in [-0.2, -0.15) is 0 Å². The second kappa shape index (κ2) is 9.99. The third-order valence-electron chi connectivity index (χ3n) is 4.14. The van der Waals surface area contributed by atoms with Crippen LogP contribution in [0.2, 0.25) is 0 Å². The van der Waals surface area contributed by atoms with E-state index in [1.54, 1.807) is 48.5 Å². The molecule has 160 valence electrons. The molecule has 2 aromatic rings. The minimum atomic E-state index is -1.90. The number of alkyl carbamates (subject to hydrolysis) is 1. The lowest BCUT2D eigenvalue weighted by Crippen LogP contribution is -2.57. The monoisotopic (exact) mass is 496 g/mol. The van der Waals surface area contributed by atoms with Crippen molar-refractivity contribution < 1.29 is 23.8 Å². The quantitative estimate of drug-likeness (QED) is 0.482. The molecule has 0 aliphatic rings. The average Bonchev–Trinajstić information content (AvgIpc) is 2.66. The molecule has 0 spiro atoms. The van der Waals surface area contributed by atoms with E-state index in [9.17, 15) is 19.1 Å². The molecule has 0 aliphatic heterocycles. The van der Waals surface area contributed by atoms with Gasteiger partial charge in [0.25, 0.3) is 0 Å². The molecule has 0 heterocycles. The van der Waals surface area contributed by atoms with Gasteiger partial charge in [0.15, 0.2) is 10.7 Å². The highest BCUT2D eigenvalue weighted by molar-refractivity contribution is 9.10. The van der Waals surface area contributed by atoms with Crippen LogP contribution in [0.1, 0.15) is 31.4 Å². The lowest BCUT2D eigenvalue weighted by molar-refractivity contribution is -0.146. The summed E-state index contributed by atoms with van der Waals surface area (Å²) in [6, 6.07) is 15.4. The summed E-state index contributed by atoms with van der Waals surface area (Å²) in [5.74, 6) is -1.34. The van der Waals surface area contributed by atoms with Crippen LogP contribution < -0.4 is 10.6 Å². The van der Waals surface area contributed by atoms with Gasteiger partial charge in [0, 0.05) is 10.9 Å². The van der Waals surface area contributed by atoms with Crippen molar-refractivity contribution >= 4 is 45.3 Å². The number of carbonyl (C=O) groups excluding carboxylic acids is 1. The number of carboxylic acid groups (broad SMARTS) is 1. The molecule has 0 bridgehead atoms. The second-order valence-corrected chi connectivity index (χ2v) is 8.58. The first-order valence-corrected chi connectivity index (χ1v) is 10.2. The molecule has 3 N–H and O–H groups in total. The highest BCUT2D eigenvalue weighted by Gasteiger charge is 2.46. The number of halogens is 2. The number of amides is 1. The van der Waals surface area contributed by atoms with Crippen LogP contribution in [-0.4, -0.2) is 28.0 Å². The summed E-state index contributed by atoms with van der Waals surface area (Å²) in [7, 11) is 0. The Morgan fingerprint density at radius 1 is 1.13 bits per heavy atom. The van der Waals surface area contributed by atoms with Crippen molar-refractivity contribution in [3.05, 3.63) is 70.2 Å². The molecule has 0 aromatic heterocycles. The van der Waals surface area contributed by atoms with E-state index in [1.165, 1.54) is 13.8 Å². The van der Waals surface area contributed by atoms with E-state index >= 15 is 0 Å². The molecule has 0 saturated heterocycles. The molecule has 0 fully saturated rings. The minimum absolute atomic E-state index is 0.0174. The van der Waals surface area contributed by atoms with E-state index in [0.717, 1.165) is 10.0 Å². The number of carboxylic acids is 1. The average molecular weight is 497 g/mol. The van der Waals surface area contributed by atoms with Crippen LogP contribution in [0.3, 0.4) is 0 Å². The summed E-state index contributed by atoms with van der Waals surface area (Å²) < 4.78 is 20.4. The van der Waals surface area contributed by atoms with Crippen molar-refractivity contribution in [2.45, 2.75) is 38.1 Å². The fraction of sp³-hybridized carbons (Fsp3) is 0.286. The topological polar surface area (TPSA) is 87.7 Å². The fourth-order valence-corrected chi connectivity index (χ4v) is 3.43. The zero-order valence-corrected chi connectivity index (χ0v) is 18.8. The highest BCUT2D eigenvalue weighted by atomic mass is 79.9. The van der Waals surface area contributed by atoms with E-state index in [1.807, 2.05) is 6.07 Å². The number of hydrogen-bond acceptors (Lipinski definition) is 4. The maximum atomic E-state index is 14.6. The number of benzene rings is 2. The molecule has 0 aliphatic carbocycles. The Balaban J connectivity index is 2.17. The zero-order chi connectivity index (χ0) is 22.4. The van der Waals surface area contributed by atoms with Crippen molar-refractivity contribution in [2.75, 3.05) is 0 Å². The summed E-state index contributed by atoms with van der Waals surface area (Å²) in [5.41, 5.74) is -2.68. The van der Waals surface area contributed by atoms with E-state index in [-0.39, 0.29) is 17.3 Å². The molecule has 2 rings (SSSR count). The summed E-state index contributed by atoms with van der Waals surface area (Å²) in [5, 5.41) is 14.6. The Bertz CT molecular complexity index is 903. The molecule has 1 amide bonds. The Kier molecular flexibility index (Phi) is 7.91. The smallest absolute Gasteiger partial charge is 0.413 e. The van der Waals surface area contributed by atoms with Crippen molar-refractivity contribution in [3.63, 3.8) is 0 Å². The maximum absolute atomic E-state index is 14.6. The Labute approximate surface area is 187 Å². The van der Waals surface area contributed by atoms with Crippen molar-refractivity contribution in [1.29, 1.82) is 0 Å². The third kappa shape index (κ3) is 6.77. The molecule has 1 atom stereocenters. The first-order valence-electron chi connectivity index (χ1n) is 9.00. The number of thiocarbonyl (C=S) groups is 1. The number of aliphatic carboxylic acids is 1. The molecule has 0 radical (unpaired) electrons. The zero-order valence-electron chi connectivity index (χ0n) is 16.4. The molecule has 1 unspecified atom stereocenters. The predicted molar refractivity (Wildman–Crippen MR) is 119 cm³/mol. The van der Waals surface area contributed by atoms with Crippen molar-refractivity contribution in [3.8, 4) is 0 Å². The van der Waals surface area contributed by atoms with Gasteiger partial charge < -0.3 is 15.2 Å². The molecular weight excluding hydrogens is 475 g/mol. The Hall–Kier alpha value is -2.52. The van der Waals surface area contributed by atoms with Gasteiger partial charge in [0.1, 0.15) is 12.3 Å². The molecule has 30 heavy (non-hydrogen) atoms. The normalized spacial score (nSPS) is 13.1. The van der Waals surface area contributed by atoms with Crippen molar-refractivity contribution in [1.82, 2.24) is 10.6 Å². The molecular formula is C21H22BrFN2O4S. The standard InChI is InChI=1S/C21H22BrFN2O4S/c1-20(2,23)13-21(17(26)27,15-8-10-16(22)11-9-15)25-18(30)24-19(28)29-12-14-6-4-3-5-7-14/h3-11H,12-13H2,1-2H3,(H,26,27)(H2,24,25,28,30). The van der Waals surface area contributed by atoms with Crippen LogP contribution in [0, 0.1) is 0 Å². The minimum Gasteiger partial charge on any atom is -0.479 e. The number of ether oxygens (including phenoxy) is 1. The fourth-order valence-electron chi connectivity index (χ4n) is 2.91. The van der Waals surface area contributed by atoms with E-state index in [0.29, 0.717) is 0 Å². The highest BCUT2D eigenvalue weighted by Crippen LogP contribution is 2.34. The van der Waals surface area contributed by atoms with Gasteiger partial charge in [0.05, 0.1) is 0 Å². The van der Waals surface area contributed by atoms with Gasteiger partial charge >= 0.3 is 12.1 Å². The molecule has 0 saturated carbocycles. The van der Waals surface area contributed by atoms with Crippen LogP contribution in [0.25, 0.3) is 0 Å².